The van der Waals surface area contributed by atoms with Crippen LogP contribution in [-0.4, -0.2) is 43.5 Å². The Morgan fingerprint density at radius 3 is 2.72 bits per heavy atom. The Balaban J connectivity index is 1.47. The van der Waals surface area contributed by atoms with E-state index in [0.29, 0.717) is 12.8 Å². The maximum absolute atomic E-state index is 11.3. The highest BCUT2D eigenvalue weighted by Gasteiger charge is 2.39. The maximum Gasteiger partial charge on any atom is 0.306 e. The van der Waals surface area contributed by atoms with E-state index in [0.717, 1.165) is 73.1 Å². The van der Waals surface area contributed by atoms with Gasteiger partial charge in [-0.15, -0.1) is 0 Å². The zero-order valence-electron chi connectivity index (χ0n) is 18.5. The van der Waals surface area contributed by atoms with Crippen molar-refractivity contribution in [2.45, 2.75) is 82.5 Å². The first-order valence-corrected chi connectivity index (χ1v) is 11.7. The molecule has 2 fully saturated rings. The number of pyridine rings is 1. The van der Waals surface area contributed by atoms with Crippen molar-refractivity contribution < 1.29 is 14.7 Å². The van der Waals surface area contributed by atoms with Crippen molar-refractivity contribution in [1.82, 2.24) is 20.2 Å². The summed E-state index contributed by atoms with van der Waals surface area (Å²) >= 11 is 0. The quantitative estimate of drug-likeness (QED) is 0.559. The molecule has 32 heavy (non-hydrogen) atoms. The van der Waals surface area contributed by atoms with Crippen molar-refractivity contribution in [2.24, 2.45) is 11.7 Å². The minimum Gasteiger partial charge on any atom is -0.481 e. The molecule has 172 valence electrons. The van der Waals surface area contributed by atoms with Crippen LogP contribution in [0.5, 0.6) is 0 Å². The van der Waals surface area contributed by atoms with E-state index in [4.69, 9.17) is 15.6 Å². The van der Waals surface area contributed by atoms with Gasteiger partial charge >= 0.3 is 5.97 Å². The number of carboxylic acid groups (broad SMARTS) is 1. The van der Waals surface area contributed by atoms with Crippen LogP contribution in [0.3, 0.4) is 0 Å². The summed E-state index contributed by atoms with van der Waals surface area (Å²) < 4.78 is 1.89. The van der Waals surface area contributed by atoms with Crippen molar-refractivity contribution in [3.63, 3.8) is 0 Å². The van der Waals surface area contributed by atoms with Gasteiger partial charge in [0, 0.05) is 30.4 Å². The summed E-state index contributed by atoms with van der Waals surface area (Å²) in [4.78, 5) is 22.1. The molecule has 0 atom stereocenters. The number of aromatic nitrogens is 3. The first-order valence-electron chi connectivity index (χ1n) is 11.7. The van der Waals surface area contributed by atoms with Gasteiger partial charge in [0.2, 0.25) is 0 Å². The summed E-state index contributed by atoms with van der Waals surface area (Å²) in [5.74, 6) is -0.924. The fraction of sp³-hybridized carbons (Fsp3) is 0.609. The Kier molecular flexibility index (Phi) is 5.54. The van der Waals surface area contributed by atoms with Crippen LogP contribution < -0.4 is 16.5 Å². The van der Waals surface area contributed by atoms with Gasteiger partial charge in [-0.25, -0.2) is 9.67 Å². The molecule has 0 saturated heterocycles. The Morgan fingerprint density at radius 1 is 1.28 bits per heavy atom. The number of anilines is 1. The first-order chi connectivity index (χ1) is 15.5. The zero-order chi connectivity index (χ0) is 22.3. The van der Waals surface area contributed by atoms with Gasteiger partial charge in [-0.2, -0.15) is 5.10 Å². The second kappa shape index (κ2) is 8.37. The number of fused-ring (bicyclic) bond motifs is 1. The van der Waals surface area contributed by atoms with E-state index in [2.05, 4.69) is 28.9 Å². The van der Waals surface area contributed by atoms with Crippen LogP contribution in [0, 0.1) is 5.92 Å². The van der Waals surface area contributed by atoms with Gasteiger partial charge in [0.25, 0.3) is 0 Å². The van der Waals surface area contributed by atoms with Crippen LogP contribution in [0.25, 0.3) is 16.7 Å². The third-order valence-corrected chi connectivity index (χ3v) is 7.33. The predicted molar refractivity (Wildman–Crippen MR) is 122 cm³/mol. The van der Waals surface area contributed by atoms with Crippen molar-refractivity contribution >= 4 is 28.4 Å². The van der Waals surface area contributed by atoms with E-state index in [9.17, 15) is 9.90 Å². The van der Waals surface area contributed by atoms with Crippen LogP contribution >= 0.6 is 0 Å². The molecule has 3 aliphatic rings. The molecule has 2 aromatic rings. The molecule has 2 aromatic heterocycles. The van der Waals surface area contributed by atoms with Crippen LogP contribution in [0.1, 0.15) is 63.9 Å². The number of nitrogens with one attached hydrogen (secondary N) is 2. The summed E-state index contributed by atoms with van der Waals surface area (Å²) in [6, 6.07) is 0.460. The number of aliphatic carboxylic acids is 1. The Hall–Kier alpha value is -2.65. The molecule has 2 aliphatic carbocycles. The number of carbonyl (C=O) groups is 1. The molecule has 1 aliphatic heterocycles. The Bertz CT molecular complexity index is 1030. The highest BCUT2D eigenvalue weighted by Crippen LogP contribution is 2.41. The average molecular weight is 441 g/mol. The lowest BCUT2D eigenvalue weighted by atomic mass is 9.82. The fourth-order valence-electron chi connectivity index (χ4n) is 5.29. The summed E-state index contributed by atoms with van der Waals surface area (Å²) in [7, 11) is 0. The topological polar surface area (TPSA) is 127 Å². The van der Waals surface area contributed by atoms with E-state index in [1.54, 1.807) is 0 Å². The molecule has 1 spiro atoms. The van der Waals surface area contributed by atoms with E-state index in [1.165, 1.54) is 0 Å². The van der Waals surface area contributed by atoms with E-state index in [1.807, 2.05) is 17.1 Å². The summed E-state index contributed by atoms with van der Waals surface area (Å²) in [5.41, 5.74) is 12.7. The van der Waals surface area contributed by atoms with Gasteiger partial charge in [-0.3, -0.25) is 15.1 Å². The molecular formula is C23H32N6O3. The van der Waals surface area contributed by atoms with Crippen molar-refractivity contribution in [3.05, 3.63) is 24.0 Å². The number of nitrogens with two attached hydrogens (primary N) is 1. The molecule has 0 radical (unpaired) electrons. The van der Waals surface area contributed by atoms with Gasteiger partial charge in [0.15, 0.2) is 5.65 Å². The standard InChI is InChI=1S/C23H32N6O3/c1-2-29-21-18(13-26-29)20(27-16-5-3-14(4-6-16)22(30)31)17(12-25-21)19-11-23(32-28-19)9-7-15(24)8-10-23/h11-16,28H,2-10,24H2,1H3,(H,25,27)(H,30,31). The number of aryl methyl sites for hydroxylation is 1. The maximum atomic E-state index is 11.3. The average Bonchev–Trinajstić information content (AvgIpc) is 3.41. The number of hydroxylamine groups is 1. The molecular weight excluding hydrogens is 408 g/mol. The Labute approximate surface area is 187 Å². The van der Waals surface area contributed by atoms with Crippen LogP contribution in [0.2, 0.25) is 0 Å². The third kappa shape index (κ3) is 3.84. The van der Waals surface area contributed by atoms with E-state index in [-0.39, 0.29) is 23.6 Å². The van der Waals surface area contributed by atoms with Gasteiger partial charge in [-0.1, -0.05) is 0 Å². The number of nitrogens with zero attached hydrogens (tertiary/aromatic N) is 3. The molecule has 0 aromatic carbocycles. The number of hydrogen-bond acceptors (Lipinski definition) is 7. The lowest BCUT2D eigenvalue weighted by Crippen LogP contribution is -2.39. The molecule has 5 rings (SSSR count). The largest absolute Gasteiger partial charge is 0.481 e. The van der Waals surface area contributed by atoms with E-state index < -0.39 is 5.97 Å². The number of hydrogen-bond donors (Lipinski definition) is 4. The molecule has 0 amide bonds. The van der Waals surface area contributed by atoms with Gasteiger partial charge in [0.1, 0.15) is 5.60 Å². The number of carboxylic acids is 1. The smallest absolute Gasteiger partial charge is 0.306 e. The zero-order valence-corrected chi connectivity index (χ0v) is 18.5. The monoisotopic (exact) mass is 440 g/mol. The highest BCUT2D eigenvalue weighted by molar-refractivity contribution is 5.95. The van der Waals surface area contributed by atoms with Gasteiger partial charge < -0.3 is 16.2 Å². The van der Waals surface area contributed by atoms with Crippen LogP contribution in [0.4, 0.5) is 5.69 Å². The molecule has 9 heteroatoms. The lowest BCUT2D eigenvalue weighted by Gasteiger charge is -2.32. The third-order valence-electron chi connectivity index (χ3n) is 7.33. The van der Waals surface area contributed by atoms with Crippen molar-refractivity contribution in [2.75, 3.05) is 5.32 Å². The molecule has 0 bridgehead atoms. The molecule has 3 heterocycles. The van der Waals surface area contributed by atoms with Gasteiger partial charge in [0.05, 0.1) is 28.9 Å². The lowest BCUT2D eigenvalue weighted by molar-refractivity contribution is -0.142. The van der Waals surface area contributed by atoms with Crippen LogP contribution in [-0.2, 0) is 16.2 Å². The second-order valence-corrected chi connectivity index (χ2v) is 9.44. The molecule has 9 nitrogen and oxygen atoms in total. The molecule has 2 saturated carbocycles. The van der Waals surface area contributed by atoms with Crippen molar-refractivity contribution in [3.8, 4) is 0 Å². The second-order valence-electron chi connectivity index (χ2n) is 9.44. The van der Waals surface area contributed by atoms with Crippen LogP contribution in [0.15, 0.2) is 18.5 Å². The predicted octanol–water partition coefficient (Wildman–Crippen LogP) is 3.02. The first kappa shape index (κ1) is 21.2. The normalized spacial score (nSPS) is 30.3. The minimum absolute atomic E-state index is 0.212. The SMILES string of the molecule is CCn1ncc2c(NC3CCC(C(=O)O)CC3)c(C3=CC4(CCC(N)CC4)ON3)cnc21. The number of rotatable bonds is 5. The van der Waals surface area contributed by atoms with Crippen molar-refractivity contribution in [1.29, 1.82) is 0 Å². The van der Waals surface area contributed by atoms with Gasteiger partial charge in [-0.05, 0) is 64.4 Å². The Morgan fingerprint density at radius 2 is 2.03 bits per heavy atom. The fourth-order valence-corrected chi connectivity index (χ4v) is 5.29. The summed E-state index contributed by atoms with van der Waals surface area (Å²) in [6.07, 6.45) is 12.7. The summed E-state index contributed by atoms with van der Waals surface area (Å²) in [5, 5.41) is 18.5. The highest BCUT2D eigenvalue weighted by atomic mass is 16.7. The van der Waals surface area contributed by atoms with E-state index >= 15 is 0 Å². The molecule has 5 N–H and O–H groups in total. The molecule has 0 unspecified atom stereocenters. The minimum atomic E-state index is -0.686. The summed E-state index contributed by atoms with van der Waals surface area (Å²) in [6.45, 7) is 2.79.